The molecule has 0 saturated carbocycles. The zero-order chi connectivity index (χ0) is 15.6. The Morgan fingerprint density at radius 3 is 2.71 bits per heavy atom. The lowest BCUT2D eigenvalue weighted by Crippen LogP contribution is -2.57. The average molecular weight is 313 g/mol. The maximum atomic E-state index is 6.50. The van der Waals surface area contributed by atoms with Crippen LogP contribution in [0, 0.1) is 5.92 Å². The molecule has 120 valence electrons. The number of aromatic nitrogens is 2. The van der Waals surface area contributed by atoms with Crippen LogP contribution in [0.3, 0.4) is 0 Å². The topological polar surface area (TPSA) is 33.1 Å². The van der Waals surface area contributed by atoms with Crippen molar-refractivity contribution in [3.8, 4) is 0 Å². The minimum absolute atomic E-state index is 0.529. The van der Waals surface area contributed by atoms with Gasteiger partial charge >= 0.3 is 0 Å². The first-order valence-corrected chi connectivity index (χ1v) is 8.53. The van der Waals surface area contributed by atoms with E-state index in [1.165, 1.54) is 6.42 Å². The third-order valence-electron chi connectivity index (χ3n) is 4.92. The van der Waals surface area contributed by atoms with Crippen molar-refractivity contribution in [1.82, 2.24) is 20.0 Å². The molecule has 3 atom stereocenters. The van der Waals surface area contributed by atoms with Gasteiger partial charge in [0, 0.05) is 38.8 Å². The summed E-state index contributed by atoms with van der Waals surface area (Å²) in [4.78, 5) is 2.54. The number of hydrogen-bond acceptors (Lipinski definition) is 3. The SMILES string of the molecule is CCc1nn(C)c(CN2CC(C(C)CC)NCC2C)c1Cl. The standard InChI is InChI=1S/C16H29ClN4/c1-6-11(3)14-9-21(12(4)8-18-14)10-15-16(17)13(7-2)19-20(15)5/h11-12,14,18H,6-10H2,1-5H3. The van der Waals surface area contributed by atoms with E-state index in [-0.39, 0.29) is 0 Å². The summed E-state index contributed by atoms with van der Waals surface area (Å²) in [6.07, 6.45) is 2.10. The first-order valence-electron chi connectivity index (χ1n) is 8.15. The molecular formula is C16H29ClN4. The number of hydrogen-bond donors (Lipinski definition) is 1. The first kappa shape index (κ1) is 16.8. The number of piperazine rings is 1. The van der Waals surface area contributed by atoms with Crippen molar-refractivity contribution in [3.05, 3.63) is 16.4 Å². The zero-order valence-corrected chi connectivity index (χ0v) is 14.7. The lowest BCUT2D eigenvalue weighted by Gasteiger charge is -2.41. The summed E-state index contributed by atoms with van der Waals surface area (Å²) in [7, 11) is 2.00. The Morgan fingerprint density at radius 1 is 1.43 bits per heavy atom. The molecule has 1 aromatic heterocycles. The summed E-state index contributed by atoms with van der Waals surface area (Å²) in [5.74, 6) is 0.702. The molecule has 0 radical (unpaired) electrons. The number of aryl methyl sites for hydroxylation is 2. The highest BCUT2D eigenvalue weighted by Crippen LogP contribution is 2.24. The number of nitrogens with zero attached hydrogens (tertiary/aromatic N) is 3. The second-order valence-corrected chi connectivity index (χ2v) is 6.74. The van der Waals surface area contributed by atoms with Gasteiger partial charge in [-0.1, -0.05) is 38.8 Å². The molecule has 4 nitrogen and oxygen atoms in total. The van der Waals surface area contributed by atoms with Gasteiger partial charge in [0.1, 0.15) is 0 Å². The van der Waals surface area contributed by atoms with Crippen molar-refractivity contribution in [2.45, 2.75) is 59.2 Å². The molecule has 2 heterocycles. The molecule has 0 amide bonds. The average Bonchev–Trinajstić information content (AvgIpc) is 2.75. The van der Waals surface area contributed by atoms with Gasteiger partial charge in [-0.25, -0.2) is 0 Å². The van der Waals surface area contributed by atoms with Crippen LogP contribution < -0.4 is 5.32 Å². The highest BCUT2D eigenvalue weighted by atomic mass is 35.5. The Labute approximate surface area is 133 Å². The molecule has 1 saturated heterocycles. The highest BCUT2D eigenvalue weighted by molar-refractivity contribution is 6.31. The predicted molar refractivity (Wildman–Crippen MR) is 88.7 cm³/mol. The van der Waals surface area contributed by atoms with E-state index in [1.807, 2.05) is 11.7 Å². The second kappa shape index (κ2) is 7.12. The molecule has 1 fully saturated rings. The van der Waals surface area contributed by atoms with Crippen molar-refractivity contribution in [3.63, 3.8) is 0 Å². The van der Waals surface area contributed by atoms with Crippen molar-refractivity contribution in [2.24, 2.45) is 13.0 Å². The maximum Gasteiger partial charge on any atom is 0.0863 e. The Bertz CT molecular complexity index is 471. The first-order chi connectivity index (χ1) is 9.97. The van der Waals surface area contributed by atoms with Crippen LogP contribution in [-0.2, 0) is 20.0 Å². The van der Waals surface area contributed by atoms with Gasteiger partial charge in [-0.05, 0) is 19.3 Å². The van der Waals surface area contributed by atoms with E-state index in [0.29, 0.717) is 18.0 Å². The van der Waals surface area contributed by atoms with E-state index in [0.717, 1.165) is 42.5 Å². The van der Waals surface area contributed by atoms with Crippen LogP contribution in [0.1, 0.15) is 45.5 Å². The van der Waals surface area contributed by atoms with Gasteiger partial charge in [-0.3, -0.25) is 9.58 Å². The molecule has 2 rings (SSSR count). The molecule has 1 aromatic rings. The highest BCUT2D eigenvalue weighted by Gasteiger charge is 2.29. The van der Waals surface area contributed by atoms with E-state index >= 15 is 0 Å². The summed E-state index contributed by atoms with van der Waals surface area (Å²) in [6, 6.07) is 1.10. The Balaban J connectivity index is 2.12. The molecule has 0 bridgehead atoms. The fraction of sp³-hybridized carbons (Fsp3) is 0.812. The van der Waals surface area contributed by atoms with Crippen molar-refractivity contribution in [2.75, 3.05) is 13.1 Å². The van der Waals surface area contributed by atoms with E-state index < -0.39 is 0 Å². The van der Waals surface area contributed by atoms with Crippen LogP contribution in [-0.4, -0.2) is 39.9 Å². The van der Waals surface area contributed by atoms with Gasteiger partial charge in [-0.15, -0.1) is 0 Å². The van der Waals surface area contributed by atoms with Crippen molar-refractivity contribution < 1.29 is 0 Å². The van der Waals surface area contributed by atoms with E-state index in [9.17, 15) is 0 Å². The molecule has 0 aliphatic carbocycles. The lowest BCUT2D eigenvalue weighted by atomic mass is 9.95. The summed E-state index contributed by atoms with van der Waals surface area (Å²) in [5, 5.41) is 9.07. The smallest absolute Gasteiger partial charge is 0.0863 e. The Morgan fingerprint density at radius 2 is 2.14 bits per heavy atom. The number of halogens is 1. The van der Waals surface area contributed by atoms with Gasteiger partial charge < -0.3 is 5.32 Å². The largest absolute Gasteiger partial charge is 0.311 e. The molecule has 1 N–H and O–H groups in total. The third kappa shape index (κ3) is 3.61. The molecule has 0 aromatic carbocycles. The van der Waals surface area contributed by atoms with Gasteiger partial charge in [-0.2, -0.15) is 5.10 Å². The molecule has 21 heavy (non-hydrogen) atoms. The van der Waals surface area contributed by atoms with Crippen molar-refractivity contribution >= 4 is 11.6 Å². The molecular weight excluding hydrogens is 284 g/mol. The maximum absolute atomic E-state index is 6.50. The summed E-state index contributed by atoms with van der Waals surface area (Å²) in [6.45, 7) is 12.0. The quantitative estimate of drug-likeness (QED) is 0.907. The van der Waals surface area contributed by atoms with Gasteiger partial charge in [0.2, 0.25) is 0 Å². The normalized spacial score (nSPS) is 25.2. The number of rotatable bonds is 5. The lowest BCUT2D eigenvalue weighted by molar-refractivity contribution is 0.109. The summed E-state index contributed by atoms with van der Waals surface area (Å²) >= 11 is 6.50. The Hall–Kier alpha value is -0.580. The monoisotopic (exact) mass is 312 g/mol. The molecule has 5 heteroatoms. The molecule has 1 aliphatic rings. The van der Waals surface area contributed by atoms with Gasteiger partial charge in [0.15, 0.2) is 0 Å². The van der Waals surface area contributed by atoms with Crippen LogP contribution in [0.4, 0.5) is 0 Å². The van der Waals surface area contributed by atoms with Crippen LogP contribution >= 0.6 is 11.6 Å². The van der Waals surface area contributed by atoms with Gasteiger partial charge in [0.25, 0.3) is 0 Å². The fourth-order valence-electron chi connectivity index (χ4n) is 3.02. The van der Waals surface area contributed by atoms with E-state index in [2.05, 4.69) is 43.0 Å². The molecule has 3 unspecified atom stereocenters. The van der Waals surface area contributed by atoms with Crippen LogP contribution in [0.25, 0.3) is 0 Å². The molecule has 1 aliphatic heterocycles. The number of nitrogens with one attached hydrogen (secondary N) is 1. The van der Waals surface area contributed by atoms with Crippen molar-refractivity contribution in [1.29, 1.82) is 0 Å². The minimum atomic E-state index is 0.529. The summed E-state index contributed by atoms with van der Waals surface area (Å²) < 4.78 is 1.95. The van der Waals surface area contributed by atoms with Crippen LogP contribution in [0.5, 0.6) is 0 Å². The van der Waals surface area contributed by atoms with Gasteiger partial charge in [0.05, 0.1) is 16.4 Å². The fourth-order valence-corrected chi connectivity index (χ4v) is 3.37. The summed E-state index contributed by atoms with van der Waals surface area (Å²) in [5.41, 5.74) is 2.15. The predicted octanol–water partition coefficient (Wildman–Crippen LogP) is 2.84. The zero-order valence-electron chi connectivity index (χ0n) is 14.0. The second-order valence-electron chi connectivity index (χ2n) is 6.36. The Kier molecular flexibility index (Phi) is 5.69. The van der Waals surface area contributed by atoms with E-state index in [4.69, 9.17) is 11.6 Å². The minimum Gasteiger partial charge on any atom is -0.311 e. The van der Waals surface area contributed by atoms with Crippen LogP contribution in [0.2, 0.25) is 5.02 Å². The van der Waals surface area contributed by atoms with E-state index in [1.54, 1.807) is 0 Å². The molecule has 0 spiro atoms. The van der Waals surface area contributed by atoms with Crippen LogP contribution in [0.15, 0.2) is 0 Å². The third-order valence-corrected chi connectivity index (χ3v) is 5.35.